The van der Waals surface area contributed by atoms with Crippen LogP contribution in [0.15, 0.2) is 200 Å². The lowest BCUT2D eigenvalue weighted by Crippen LogP contribution is -2.28. The van der Waals surface area contributed by atoms with E-state index in [4.69, 9.17) is 0 Å². The fourth-order valence-corrected chi connectivity index (χ4v) is 8.09. The number of hydrogen-bond acceptors (Lipinski definition) is 0. The van der Waals surface area contributed by atoms with Crippen LogP contribution in [-0.2, 0) is 5.41 Å². The fourth-order valence-electron chi connectivity index (χ4n) is 8.09. The summed E-state index contributed by atoms with van der Waals surface area (Å²) < 4.78 is 2.34. The zero-order chi connectivity index (χ0) is 37.1. The van der Waals surface area contributed by atoms with E-state index < -0.39 is 0 Å². The molecule has 0 unspecified atom stereocenters. The second kappa shape index (κ2) is 14.9. The van der Waals surface area contributed by atoms with Crippen LogP contribution < -0.4 is 0 Å². The molecule has 1 heterocycles. The van der Waals surface area contributed by atoms with Crippen LogP contribution in [0, 0.1) is 27.7 Å². The van der Waals surface area contributed by atoms with Gasteiger partial charge in [-0.25, -0.2) is 0 Å². The van der Waals surface area contributed by atoms with Gasteiger partial charge < -0.3 is 4.57 Å². The van der Waals surface area contributed by atoms with Gasteiger partial charge in [-0.3, -0.25) is 0 Å². The Bertz CT molecular complexity index is 2550. The summed E-state index contributed by atoms with van der Waals surface area (Å²) in [6, 6.07) is 72.0. The van der Waals surface area contributed by atoms with E-state index in [0.29, 0.717) is 0 Å². The van der Waals surface area contributed by atoms with Crippen molar-refractivity contribution >= 4 is 21.8 Å². The van der Waals surface area contributed by atoms with E-state index in [-0.39, 0.29) is 5.41 Å². The Balaban J connectivity index is 0.000000130. The number of aryl methyl sites for hydroxylation is 4. The molecule has 1 aromatic heterocycles. The summed E-state index contributed by atoms with van der Waals surface area (Å²) in [6.45, 7) is 8.49. The molecule has 1 nitrogen and oxygen atoms in total. The molecule has 0 saturated heterocycles. The highest BCUT2D eigenvalue weighted by atomic mass is 15.0. The molecule has 0 atom stereocenters. The molecule has 262 valence electrons. The van der Waals surface area contributed by atoms with E-state index >= 15 is 0 Å². The topological polar surface area (TPSA) is 4.93 Å². The maximum absolute atomic E-state index is 2.34. The van der Waals surface area contributed by atoms with E-state index in [1.165, 1.54) is 83.1 Å². The highest BCUT2D eigenvalue weighted by Crippen LogP contribution is 2.56. The van der Waals surface area contributed by atoms with Crippen LogP contribution in [0.4, 0.5) is 0 Å². The molecule has 54 heavy (non-hydrogen) atoms. The number of hydrogen-bond donors (Lipinski definition) is 0. The van der Waals surface area contributed by atoms with Gasteiger partial charge in [0.05, 0.1) is 16.4 Å². The molecule has 0 N–H and O–H groups in total. The predicted octanol–water partition coefficient (Wildman–Crippen LogP) is 13.8. The summed E-state index contributed by atoms with van der Waals surface area (Å²) in [4.78, 5) is 0. The van der Waals surface area contributed by atoms with Gasteiger partial charge in [-0.15, -0.1) is 0 Å². The summed E-state index contributed by atoms with van der Waals surface area (Å²) in [7, 11) is 0. The third-order valence-corrected chi connectivity index (χ3v) is 10.7. The molecule has 0 radical (unpaired) electrons. The maximum Gasteiger partial charge on any atom is 0.0713 e. The van der Waals surface area contributed by atoms with Gasteiger partial charge in [0.2, 0.25) is 0 Å². The molecule has 0 aliphatic heterocycles. The molecule has 10 rings (SSSR count). The molecular weight excluding hydrogens is 651 g/mol. The van der Waals surface area contributed by atoms with Crippen molar-refractivity contribution in [2.24, 2.45) is 0 Å². The second-order valence-electron chi connectivity index (χ2n) is 14.4. The van der Waals surface area contributed by atoms with Crippen LogP contribution in [0.25, 0.3) is 38.6 Å². The average molecular weight is 696 g/mol. The van der Waals surface area contributed by atoms with Crippen molar-refractivity contribution in [3.05, 3.63) is 245 Å². The van der Waals surface area contributed by atoms with Crippen molar-refractivity contribution in [2.75, 3.05) is 0 Å². The molecule has 1 heteroatoms. The molecule has 8 aromatic carbocycles. The van der Waals surface area contributed by atoms with E-state index in [0.717, 1.165) is 0 Å². The summed E-state index contributed by atoms with van der Waals surface area (Å²) in [5.74, 6) is 0. The molecule has 0 fully saturated rings. The van der Waals surface area contributed by atoms with Crippen LogP contribution >= 0.6 is 0 Å². The minimum Gasteiger partial charge on any atom is -0.309 e. The largest absolute Gasteiger partial charge is 0.309 e. The summed E-state index contributed by atoms with van der Waals surface area (Å²) in [5, 5.41) is 2.62. The first-order valence-corrected chi connectivity index (χ1v) is 18.9. The number of aromatic nitrogens is 1. The standard InChI is InChI=1S/C26H20.C19H15N.C8H10/c1-19-16-17-25-23(18-19)22-14-8-9-15-24(22)26(25,20-10-4-2-5-11-20)21-12-6-3-7-13-21;1-14-10-12-15(13-11-14)20-18-8-4-2-6-16(18)17-7-3-5-9-19(17)20;1-7-3-5-8(2)6-4-7/h2-18H,1H3;2-13H,1H3;3-6H,1-2H3. The van der Waals surface area contributed by atoms with Gasteiger partial charge in [0.1, 0.15) is 0 Å². The lowest BCUT2D eigenvalue weighted by Gasteiger charge is -2.33. The number of para-hydroxylation sites is 2. The molecule has 0 amide bonds. The van der Waals surface area contributed by atoms with Crippen LogP contribution in [-0.4, -0.2) is 4.57 Å². The Morgan fingerprint density at radius 3 is 1.28 bits per heavy atom. The van der Waals surface area contributed by atoms with Gasteiger partial charge in [0.15, 0.2) is 0 Å². The maximum atomic E-state index is 2.34. The summed E-state index contributed by atoms with van der Waals surface area (Å²) >= 11 is 0. The number of nitrogens with zero attached hydrogens (tertiary/aromatic N) is 1. The third-order valence-electron chi connectivity index (χ3n) is 10.7. The van der Waals surface area contributed by atoms with Gasteiger partial charge >= 0.3 is 0 Å². The zero-order valence-corrected chi connectivity index (χ0v) is 31.5. The first-order chi connectivity index (χ1) is 26.4. The zero-order valence-electron chi connectivity index (χ0n) is 31.5. The molecule has 1 aliphatic rings. The van der Waals surface area contributed by atoms with Gasteiger partial charge in [-0.05, 0) is 85.3 Å². The van der Waals surface area contributed by atoms with Crippen molar-refractivity contribution in [1.29, 1.82) is 0 Å². The predicted molar refractivity (Wildman–Crippen MR) is 230 cm³/mol. The first kappa shape index (κ1) is 34.6. The van der Waals surface area contributed by atoms with Crippen LogP contribution in [0.1, 0.15) is 44.5 Å². The SMILES string of the molecule is Cc1ccc(-n2c3ccccc3c3ccccc32)cc1.Cc1ccc(C)cc1.Cc1ccc2c(c1)-c1ccccc1C2(c1ccccc1)c1ccccc1. The van der Waals surface area contributed by atoms with Crippen LogP contribution in [0.5, 0.6) is 0 Å². The average Bonchev–Trinajstić information content (AvgIpc) is 3.71. The Morgan fingerprint density at radius 1 is 0.333 bits per heavy atom. The first-order valence-electron chi connectivity index (χ1n) is 18.9. The Labute approximate surface area is 319 Å². The van der Waals surface area contributed by atoms with Crippen molar-refractivity contribution in [1.82, 2.24) is 4.57 Å². The monoisotopic (exact) mass is 695 g/mol. The number of fused-ring (bicyclic) bond motifs is 6. The molecule has 0 saturated carbocycles. The van der Waals surface area contributed by atoms with E-state index in [2.05, 4.69) is 232 Å². The highest BCUT2D eigenvalue weighted by Gasteiger charge is 2.45. The Morgan fingerprint density at radius 2 is 0.741 bits per heavy atom. The van der Waals surface area contributed by atoms with Crippen molar-refractivity contribution in [2.45, 2.75) is 33.1 Å². The number of rotatable bonds is 3. The number of benzene rings is 8. The van der Waals surface area contributed by atoms with E-state index in [9.17, 15) is 0 Å². The Kier molecular flexibility index (Phi) is 9.55. The normalized spacial score (nSPS) is 12.2. The van der Waals surface area contributed by atoms with Crippen molar-refractivity contribution in [3.8, 4) is 16.8 Å². The lowest BCUT2D eigenvalue weighted by atomic mass is 9.68. The van der Waals surface area contributed by atoms with E-state index in [1.54, 1.807) is 0 Å². The van der Waals surface area contributed by atoms with Gasteiger partial charge in [0.25, 0.3) is 0 Å². The van der Waals surface area contributed by atoms with Gasteiger partial charge in [-0.1, -0.05) is 198 Å². The molecule has 0 spiro atoms. The van der Waals surface area contributed by atoms with Crippen LogP contribution in [0.2, 0.25) is 0 Å². The van der Waals surface area contributed by atoms with Crippen molar-refractivity contribution < 1.29 is 0 Å². The smallest absolute Gasteiger partial charge is 0.0713 e. The minimum atomic E-state index is -0.262. The third kappa shape index (κ3) is 6.33. The molecule has 0 bridgehead atoms. The Hall–Kier alpha value is -6.44. The molecule has 1 aliphatic carbocycles. The minimum absolute atomic E-state index is 0.262. The molecular formula is C53H45N. The van der Waals surface area contributed by atoms with Gasteiger partial charge in [0, 0.05) is 16.5 Å². The fraction of sp³-hybridized carbons (Fsp3) is 0.0943. The van der Waals surface area contributed by atoms with Crippen LogP contribution in [0.3, 0.4) is 0 Å². The quantitative estimate of drug-likeness (QED) is 0.173. The molecule has 9 aromatic rings. The second-order valence-corrected chi connectivity index (χ2v) is 14.4. The lowest BCUT2D eigenvalue weighted by molar-refractivity contribution is 0.768. The highest BCUT2D eigenvalue weighted by molar-refractivity contribution is 6.09. The van der Waals surface area contributed by atoms with Crippen molar-refractivity contribution in [3.63, 3.8) is 0 Å². The van der Waals surface area contributed by atoms with Gasteiger partial charge in [-0.2, -0.15) is 0 Å². The summed E-state index contributed by atoms with van der Waals surface area (Å²) in [5.41, 5.74) is 16.8. The van der Waals surface area contributed by atoms with E-state index in [1.807, 2.05) is 0 Å². The summed E-state index contributed by atoms with van der Waals surface area (Å²) in [6.07, 6.45) is 0.